The summed E-state index contributed by atoms with van der Waals surface area (Å²) < 4.78 is 11.4. The van der Waals surface area contributed by atoms with Gasteiger partial charge in [0.05, 0.1) is 12.7 Å². The molecule has 2 aliphatic rings. The maximum Gasteiger partial charge on any atom is 0.134 e. The van der Waals surface area contributed by atoms with Gasteiger partial charge in [-0.05, 0) is 25.2 Å². The maximum absolute atomic E-state index is 5.69. The largest absolute Gasteiger partial charge is 0.374 e. The van der Waals surface area contributed by atoms with Crippen LogP contribution in [0.1, 0.15) is 26.2 Å². The molecule has 2 fully saturated rings. The minimum Gasteiger partial charge on any atom is -0.374 e. The van der Waals surface area contributed by atoms with Gasteiger partial charge in [-0.1, -0.05) is 6.92 Å². The van der Waals surface area contributed by atoms with Gasteiger partial charge in [0.15, 0.2) is 0 Å². The van der Waals surface area contributed by atoms with E-state index in [2.05, 4.69) is 12.2 Å². The van der Waals surface area contributed by atoms with Gasteiger partial charge in [0.2, 0.25) is 0 Å². The molecule has 0 aromatic carbocycles. The summed E-state index contributed by atoms with van der Waals surface area (Å²) in [4.78, 5) is 0. The molecule has 0 aromatic rings. The molecule has 2 heterocycles. The van der Waals surface area contributed by atoms with Crippen molar-refractivity contribution in [3.8, 4) is 0 Å². The van der Waals surface area contributed by atoms with Crippen molar-refractivity contribution in [1.29, 1.82) is 0 Å². The summed E-state index contributed by atoms with van der Waals surface area (Å²) in [6, 6.07) is 0. The molecular weight excluding hydrogens is 202 g/mol. The highest BCUT2D eigenvalue weighted by atomic mass is 35.5. The molecule has 0 amide bonds. The zero-order valence-electron chi connectivity index (χ0n) is 8.70. The molecule has 0 spiro atoms. The van der Waals surface area contributed by atoms with Gasteiger partial charge in [-0.2, -0.15) is 0 Å². The molecule has 0 radical (unpaired) electrons. The number of ether oxygens (including phenoxy) is 2. The van der Waals surface area contributed by atoms with Crippen LogP contribution in [0.3, 0.4) is 0 Å². The molecule has 1 N–H and O–H groups in total. The van der Waals surface area contributed by atoms with Gasteiger partial charge in [0, 0.05) is 13.2 Å². The molecule has 3 atom stereocenters. The highest BCUT2D eigenvalue weighted by Crippen LogP contribution is 2.19. The summed E-state index contributed by atoms with van der Waals surface area (Å²) in [5.41, 5.74) is 0. The van der Waals surface area contributed by atoms with E-state index in [0.29, 0.717) is 12.0 Å². The van der Waals surface area contributed by atoms with E-state index < -0.39 is 0 Å². The van der Waals surface area contributed by atoms with Gasteiger partial charge in [-0.3, -0.25) is 5.32 Å². The zero-order valence-corrected chi connectivity index (χ0v) is 9.52. The molecule has 0 aromatic heterocycles. The average molecular weight is 222 g/mol. The number of rotatable bonds is 1. The van der Waals surface area contributed by atoms with Gasteiger partial charge >= 0.3 is 0 Å². The first-order valence-electron chi connectivity index (χ1n) is 5.33. The van der Waals surface area contributed by atoms with E-state index in [9.17, 15) is 0 Å². The Kier molecular flexibility index (Phi) is 5.17. The lowest BCUT2D eigenvalue weighted by Gasteiger charge is -2.35. The fourth-order valence-corrected chi connectivity index (χ4v) is 1.95. The molecule has 3 nitrogen and oxygen atoms in total. The first-order chi connectivity index (χ1) is 6.36. The first-order valence-corrected chi connectivity index (χ1v) is 5.33. The summed E-state index contributed by atoms with van der Waals surface area (Å²) in [5.74, 6) is 0.639. The SMILES string of the molecule is CC1CNC(C2CCCCO2)OC1.Cl. The van der Waals surface area contributed by atoms with Crippen LogP contribution in [0.25, 0.3) is 0 Å². The Morgan fingerprint density at radius 2 is 2.07 bits per heavy atom. The molecule has 4 heteroatoms. The van der Waals surface area contributed by atoms with Crippen molar-refractivity contribution < 1.29 is 9.47 Å². The predicted molar refractivity (Wildman–Crippen MR) is 57.7 cm³/mol. The van der Waals surface area contributed by atoms with Crippen LogP contribution in [0, 0.1) is 5.92 Å². The molecule has 0 aliphatic carbocycles. The zero-order chi connectivity index (χ0) is 9.10. The van der Waals surface area contributed by atoms with E-state index >= 15 is 0 Å². The van der Waals surface area contributed by atoms with E-state index in [1.165, 1.54) is 12.8 Å². The quantitative estimate of drug-likeness (QED) is 0.729. The minimum absolute atomic E-state index is 0. The van der Waals surface area contributed by atoms with Crippen molar-refractivity contribution in [3.63, 3.8) is 0 Å². The Labute approximate surface area is 91.9 Å². The van der Waals surface area contributed by atoms with Crippen molar-refractivity contribution in [2.45, 2.75) is 38.5 Å². The second kappa shape index (κ2) is 5.91. The van der Waals surface area contributed by atoms with E-state index in [1.807, 2.05) is 0 Å². The summed E-state index contributed by atoms with van der Waals surface area (Å²) in [6.07, 6.45) is 4.07. The Morgan fingerprint density at radius 3 is 2.64 bits per heavy atom. The lowest BCUT2D eigenvalue weighted by Crippen LogP contribution is -2.50. The van der Waals surface area contributed by atoms with Crippen molar-refractivity contribution in [2.75, 3.05) is 19.8 Å². The smallest absolute Gasteiger partial charge is 0.134 e. The molecule has 2 aliphatic heterocycles. The number of hydrogen-bond donors (Lipinski definition) is 1. The van der Waals surface area contributed by atoms with Crippen LogP contribution < -0.4 is 5.32 Å². The van der Waals surface area contributed by atoms with E-state index in [4.69, 9.17) is 9.47 Å². The van der Waals surface area contributed by atoms with Gasteiger partial charge in [-0.15, -0.1) is 12.4 Å². The highest BCUT2D eigenvalue weighted by Gasteiger charge is 2.28. The summed E-state index contributed by atoms with van der Waals surface area (Å²) >= 11 is 0. The van der Waals surface area contributed by atoms with E-state index in [1.54, 1.807) is 0 Å². The second-order valence-electron chi connectivity index (χ2n) is 4.17. The lowest BCUT2D eigenvalue weighted by molar-refractivity contribution is -0.127. The summed E-state index contributed by atoms with van der Waals surface area (Å²) in [7, 11) is 0. The molecule has 2 rings (SSSR count). The fraction of sp³-hybridized carbons (Fsp3) is 1.00. The Bertz CT molecular complexity index is 154. The third-order valence-corrected chi connectivity index (χ3v) is 2.78. The molecule has 0 saturated carbocycles. The Hall–Kier alpha value is 0.170. The monoisotopic (exact) mass is 221 g/mol. The lowest BCUT2D eigenvalue weighted by atomic mass is 10.1. The Morgan fingerprint density at radius 1 is 1.21 bits per heavy atom. The topological polar surface area (TPSA) is 30.5 Å². The van der Waals surface area contributed by atoms with E-state index in [-0.39, 0.29) is 18.6 Å². The minimum atomic E-state index is 0. The third-order valence-electron chi connectivity index (χ3n) is 2.78. The summed E-state index contributed by atoms with van der Waals surface area (Å²) in [6.45, 7) is 5.04. The highest BCUT2D eigenvalue weighted by molar-refractivity contribution is 5.85. The van der Waals surface area contributed by atoms with Crippen molar-refractivity contribution in [2.24, 2.45) is 5.92 Å². The molecular formula is C10H20ClNO2. The number of hydrogen-bond acceptors (Lipinski definition) is 3. The van der Waals surface area contributed by atoms with Gasteiger partial charge in [0.25, 0.3) is 0 Å². The molecule has 3 unspecified atom stereocenters. The van der Waals surface area contributed by atoms with Crippen molar-refractivity contribution in [3.05, 3.63) is 0 Å². The fourth-order valence-electron chi connectivity index (χ4n) is 1.95. The van der Waals surface area contributed by atoms with Crippen LogP contribution in [0.5, 0.6) is 0 Å². The summed E-state index contributed by atoms with van der Waals surface area (Å²) in [5, 5.41) is 3.39. The molecule has 84 valence electrons. The van der Waals surface area contributed by atoms with Crippen LogP contribution in [-0.2, 0) is 9.47 Å². The second-order valence-corrected chi connectivity index (χ2v) is 4.17. The van der Waals surface area contributed by atoms with Crippen molar-refractivity contribution in [1.82, 2.24) is 5.32 Å². The molecule has 0 bridgehead atoms. The van der Waals surface area contributed by atoms with E-state index in [0.717, 1.165) is 26.2 Å². The normalized spacial score (nSPS) is 38.8. The van der Waals surface area contributed by atoms with Gasteiger partial charge in [0.1, 0.15) is 6.23 Å². The van der Waals surface area contributed by atoms with Crippen LogP contribution in [0.2, 0.25) is 0 Å². The van der Waals surface area contributed by atoms with Crippen molar-refractivity contribution >= 4 is 12.4 Å². The van der Waals surface area contributed by atoms with Crippen LogP contribution in [0.4, 0.5) is 0 Å². The molecule has 2 saturated heterocycles. The number of nitrogens with one attached hydrogen (secondary N) is 1. The standard InChI is InChI=1S/C10H19NO2.ClH/c1-8-6-11-10(13-7-8)9-4-2-3-5-12-9;/h8-11H,2-7H2,1H3;1H. The van der Waals surface area contributed by atoms with Crippen LogP contribution >= 0.6 is 12.4 Å². The van der Waals surface area contributed by atoms with Crippen LogP contribution in [0.15, 0.2) is 0 Å². The van der Waals surface area contributed by atoms with Gasteiger partial charge in [-0.25, -0.2) is 0 Å². The van der Waals surface area contributed by atoms with Gasteiger partial charge < -0.3 is 9.47 Å². The first kappa shape index (κ1) is 12.2. The van der Waals surface area contributed by atoms with Crippen LogP contribution in [-0.4, -0.2) is 32.1 Å². The maximum atomic E-state index is 5.69. The average Bonchev–Trinajstić information content (AvgIpc) is 2.20. The number of halogens is 1. The predicted octanol–water partition coefficient (Wildman–Crippen LogP) is 1.56. The Balaban J connectivity index is 0.000000980. The molecule has 14 heavy (non-hydrogen) atoms. The third kappa shape index (κ3) is 3.09.